The second-order valence-corrected chi connectivity index (χ2v) is 5.06. The van der Waals surface area contributed by atoms with Crippen LogP contribution in [-0.2, 0) is 24.2 Å². The zero-order valence-corrected chi connectivity index (χ0v) is 11.3. The van der Waals surface area contributed by atoms with Crippen molar-refractivity contribution in [3.63, 3.8) is 0 Å². The Labute approximate surface area is 119 Å². The molecular formula is C14H12ClFN2O2. The van der Waals surface area contributed by atoms with Gasteiger partial charge in [0.2, 0.25) is 0 Å². The van der Waals surface area contributed by atoms with Gasteiger partial charge in [-0.25, -0.2) is 9.37 Å². The van der Waals surface area contributed by atoms with E-state index in [-0.39, 0.29) is 11.4 Å². The number of hydrogen-bond acceptors (Lipinski definition) is 3. The van der Waals surface area contributed by atoms with Gasteiger partial charge >= 0.3 is 0 Å². The largest absolute Gasteiger partial charge is 0.376 e. The van der Waals surface area contributed by atoms with Crippen LogP contribution in [0, 0.1) is 5.82 Å². The van der Waals surface area contributed by atoms with Gasteiger partial charge < -0.3 is 9.72 Å². The van der Waals surface area contributed by atoms with E-state index < -0.39 is 0 Å². The van der Waals surface area contributed by atoms with Crippen LogP contribution < -0.4 is 5.56 Å². The molecule has 0 aliphatic carbocycles. The zero-order valence-electron chi connectivity index (χ0n) is 10.6. The standard InChI is InChI=1S/C14H12ClFN2O2/c15-11-6-9(16)2-1-8(11)5-13-17-12-3-4-20-7-10(12)14(19)18-13/h1-2,6H,3-5,7H2,(H,17,18,19). The molecule has 0 unspecified atom stereocenters. The van der Waals surface area contributed by atoms with Gasteiger partial charge in [0.15, 0.2) is 0 Å². The van der Waals surface area contributed by atoms with Crippen LogP contribution in [0.3, 0.4) is 0 Å². The topological polar surface area (TPSA) is 55.0 Å². The van der Waals surface area contributed by atoms with Crippen molar-refractivity contribution in [2.45, 2.75) is 19.4 Å². The summed E-state index contributed by atoms with van der Waals surface area (Å²) in [6.45, 7) is 0.870. The molecule has 104 valence electrons. The van der Waals surface area contributed by atoms with E-state index in [1.54, 1.807) is 6.07 Å². The van der Waals surface area contributed by atoms with Crippen molar-refractivity contribution in [1.29, 1.82) is 0 Å². The Hall–Kier alpha value is -1.72. The molecule has 6 heteroatoms. The molecule has 2 heterocycles. The second kappa shape index (κ2) is 5.34. The summed E-state index contributed by atoms with van der Waals surface area (Å²) < 4.78 is 18.2. The van der Waals surface area contributed by atoms with Crippen molar-refractivity contribution >= 4 is 11.6 Å². The van der Waals surface area contributed by atoms with Crippen LogP contribution in [0.2, 0.25) is 5.02 Å². The van der Waals surface area contributed by atoms with Crippen LogP contribution >= 0.6 is 11.6 Å². The van der Waals surface area contributed by atoms with Crippen LogP contribution in [0.5, 0.6) is 0 Å². The zero-order chi connectivity index (χ0) is 14.1. The van der Waals surface area contributed by atoms with Crippen LogP contribution in [0.4, 0.5) is 4.39 Å². The van der Waals surface area contributed by atoms with Crippen molar-refractivity contribution < 1.29 is 9.13 Å². The fourth-order valence-electron chi connectivity index (χ4n) is 2.22. The lowest BCUT2D eigenvalue weighted by Crippen LogP contribution is -2.25. The van der Waals surface area contributed by atoms with Crippen LogP contribution in [0.15, 0.2) is 23.0 Å². The summed E-state index contributed by atoms with van der Waals surface area (Å²) in [5.74, 6) is 0.145. The molecule has 20 heavy (non-hydrogen) atoms. The van der Waals surface area contributed by atoms with Gasteiger partial charge in [-0.15, -0.1) is 0 Å². The number of nitrogens with one attached hydrogen (secondary N) is 1. The van der Waals surface area contributed by atoms with E-state index in [1.165, 1.54) is 12.1 Å². The predicted octanol–water partition coefficient (Wildman–Crippen LogP) is 2.23. The number of halogens is 2. The van der Waals surface area contributed by atoms with Crippen molar-refractivity contribution in [3.05, 3.63) is 62.0 Å². The van der Waals surface area contributed by atoms with Crippen molar-refractivity contribution in [2.75, 3.05) is 6.61 Å². The highest BCUT2D eigenvalue weighted by molar-refractivity contribution is 6.31. The molecule has 0 fully saturated rings. The van der Waals surface area contributed by atoms with Crippen molar-refractivity contribution in [3.8, 4) is 0 Å². The molecule has 0 bridgehead atoms. The van der Waals surface area contributed by atoms with Gasteiger partial charge in [-0.2, -0.15) is 0 Å². The third kappa shape index (κ3) is 2.59. The Morgan fingerprint density at radius 2 is 2.30 bits per heavy atom. The minimum atomic E-state index is -0.386. The summed E-state index contributed by atoms with van der Waals surface area (Å²) in [6.07, 6.45) is 0.992. The molecule has 1 aliphatic heterocycles. The smallest absolute Gasteiger partial charge is 0.256 e. The van der Waals surface area contributed by atoms with E-state index in [0.29, 0.717) is 42.5 Å². The molecule has 0 saturated carbocycles. The van der Waals surface area contributed by atoms with Gasteiger partial charge in [-0.1, -0.05) is 17.7 Å². The Morgan fingerprint density at radius 3 is 3.10 bits per heavy atom. The average molecular weight is 295 g/mol. The fraction of sp³-hybridized carbons (Fsp3) is 0.286. The first-order chi connectivity index (χ1) is 9.63. The summed E-state index contributed by atoms with van der Waals surface area (Å²) in [6, 6.07) is 4.19. The maximum absolute atomic E-state index is 13.0. The van der Waals surface area contributed by atoms with E-state index in [4.69, 9.17) is 16.3 Å². The van der Waals surface area contributed by atoms with Crippen molar-refractivity contribution in [2.24, 2.45) is 0 Å². The third-order valence-electron chi connectivity index (χ3n) is 3.25. The molecule has 1 aromatic carbocycles. The summed E-state index contributed by atoms with van der Waals surface area (Å²) in [5.41, 5.74) is 1.91. The molecule has 1 N–H and O–H groups in total. The van der Waals surface area contributed by atoms with E-state index >= 15 is 0 Å². The highest BCUT2D eigenvalue weighted by Crippen LogP contribution is 2.20. The summed E-state index contributed by atoms with van der Waals surface area (Å²) in [5, 5.41) is 0.328. The quantitative estimate of drug-likeness (QED) is 0.924. The lowest BCUT2D eigenvalue weighted by Gasteiger charge is -2.15. The summed E-state index contributed by atoms with van der Waals surface area (Å²) >= 11 is 5.98. The lowest BCUT2D eigenvalue weighted by molar-refractivity contribution is 0.108. The molecule has 4 nitrogen and oxygen atoms in total. The molecule has 0 spiro atoms. The fourth-order valence-corrected chi connectivity index (χ4v) is 2.46. The number of aromatic nitrogens is 2. The SMILES string of the molecule is O=c1[nH]c(Cc2ccc(F)cc2Cl)nc2c1COCC2. The molecule has 2 aromatic rings. The highest BCUT2D eigenvalue weighted by atomic mass is 35.5. The number of rotatable bonds is 2. The van der Waals surface area contributed by atoms with E-state index in [2.05, 4.69) is 9.97 Å². The highest BCUT2D eigenvalue weighted by Gasteiger charge is 2.16. The van der Waals surface area contributed by atoms with Gasteiger partial charge in [-0.05, 0) is 17.7 Å². The van der Waals surface area contributed by atoms with E-state index in [1.807, 2.05) is 0 Å². The van der Waals surface area contributed by atoms with E-state index in [9.17, 15) is 9.18 Å². The number of fused-ring (bicyclic) bond motifs is 1. The summed E-state index contributed by atoms with van der Waals surface area (Å²) in [4.78, 5) is 19.1. The maximum atomic E-state index is 13.0. The number of benzene rings is 1. The minimum absolute atomic E-state index is 0.178. The lowest BCUT2D eigenvalue weighted by atomic mass is 10.1. The number of H-pyrrole nitrogens is 1. The molecule has 0 amide bonds. The molecular weight excluding hydrogens is 283 g/mol. The Balaban J connectivity index is 1.95. The first-order valence-corrected chi connectivity index (χ1v) is 6.64. The van der Waals surface area contributed by atoms with Crippen LogP contribution in [-0.4, -0.2) is 16.6 Å². The maximum Gasteiger partial charge on any atom is 0.256 e. The number of ether oxygens (including phenoxy) is 1. The van der Waals surface area contributed by atoms with Crippen molar-refractivity contribution in [1.82, 2.24) is 9.97 Å². The predicted molar refractivity (Wildman–Crippen MR) is 72.4 cm³/mol. The van der Waals surface area contributed by atoms with Gasteiger partial charge in [0.1, 0.15) is 11.6 Å². The average Bonchev–Trinajstić information content (AvgIpc) is 2.42. The monoisotopic (exact) mass is 294 g/mol. The number of aromatic amines is 1. The summed E-state index contributed by atoms with van der Waals surface area (Å²) in [7, 11) is 0. The molecule has 1 aliphatic rings. The first kappa shape index (κ1) is 13.3. The number of hydrogen-bond donors (Lipinski definition) is 1. The van der Waals surface area contributed by atoms with Gasteiger partial charge in [0.25, 0.3) is 5.56 Å². The molecule has 0 saturated heterocycles. The Kier molecular flexibility index (Phi) is 3.54. The molecule has 0 atom stereocenters. The van der Waals surface area contributed by atoms with Gasteiger partial charge in [0.05, 0.1) is 24.5 Å². The van der Waals surface area contributed by atoms with Crippen LogP contribution in [0.1, 0.15) is 22.6 Å². The van der Waals surface area contributed by atoms with Crippen LogP contribution in [0.25, 0.3) is 0 Å². The molecule has 3 rings (SSSR count). The number of nitrogens with zero attached hydrogens (tertiary/aromatic N) is 1. The second-order valence-electron chi connectivity index (χ2n) is 4.65. The third-order valence-corrected chi connectivity index (χ3v) is 3.60. The normalized spacial score (nSPS) is 14.1. The van der Waals surface area contributed by atoms with Gasteiger partial charge in [0, 0.05) is 17.9 Å². The molecule has 0 radical (unpaired) electrons. The van der Waals surface area contributed by atoms with E-state index in [0.717, 1.165) is 11.3 Å². The van der Waals surface area contributed by atoms with Gasteiger partial charge in [-0.3, -0.25) is 4.79 Å². The Morgan fingerprint density at radius 1 is 1.45 bits per heavy atom. The molecule has 1 aromatic heterocycles. The minimum Gasteiger partial charge on any atom is -0.376 e. The Bertz CT molecular complexity index is 715. The first-order valence-electron chi connectivity index (χ1n) is 6.26.